The molecular weight excluding hydrogens is 328 g/mol. The van der Waals surface area contributed by atoms with Crippen LogP contribution in [0.15, 0.2) is 64.0 Å². The number of furan rings is 1. The van der Waals surface area contributed by atoms with Gasteiger partial charge in [0, 0.05) is 23.7 Å². The molecule has 0 saturated carbocycles. The summed E-state index contributed by atoms with van der Waals surface area (Å²) in [4.78, 5) is 27.0. The summed E-state index contributed by atoms with van der Waals surface area (Å²) in [6.07, 6.45) is 2.15. The predicted octanol–water partition coefficient (Wildman–Crippen LogP) is 3.26. The molecular formula is C18H15ClN2O3. The molecule has 2 aromatic heterocycles. The van der Waals surface area contributed by atoms with Gasteiger partial charge in [-0.3, -0.25) is 9.59 Å². The second-order valence-electron chi connectivity index (χ2n) is 5.21. The number of H-pyrrole nitrogens is 1. The summed E-state index contributed by atoms with van der Waals surface area (Å²) < 4.78 is 5.19. The van der Waals surface area contributed by atoms with Crippen molar-refractivity contribution in [1.82, 2.24) is 10.3 Å². The lowest BCUT2D eigenvalue weighted by atomic mass is 10.1. The highest BCUT2D eigenvalue weighted by Gasteiger charge is 2.11. The summed E-state index contributed by atoms with van der Waals surface area (Å²) in [6.45, 7) is 0.394. The Kier molecular flexibility index (Phi) is 4.82. The molecule has 0 spiro atoms. The zero-order chi connectivity index (χ0) is 16.9. The van der Waals surface area contributed by atoms with Crippen LogP contribution in [0.1, 0.15) is 16.1 Å². The maximum atomic E-state index is 12.2. The predicted molar refractivity (Wildman–Crippen MR) is 92.3 cm³/mol. The number of aromatic amines is 1. The van der Waals surface area contributed by atoms with E-state index in [-0.39, 0.29) is 5.56 Å². The maximum absolute atomic E-state index is 12.2. The van der Waals surface area contributed by atoms with E-state index in [4.69, 9.17) is 16.0 Å². The van der Waals surface area contributed by atoms with E-state index in [0.717, 1.165) is 11.3 Å². The lowest BCUT2D eigenvalue weighted by Crippen LogP contribution is -2.31. The number of benzene rings is 1. The lowest BCUT2D eigenvalue weighted by Gasteiger charge is -2.06. The van der Waals surface area contributed by atoms with Crippen molar-refractivity contribution in [3.8, 4) is 11.3 Å². The highest BCUT2D eigenvalue weighted by atomic mass is 35.5. The molecule has 24 heavy (non-hydrogen) atoms. The molecule has 2 N–H and O–H groups in total. The molecule has 0 saturated heterocycles. The van der Waals surface area contributed by atoms with E-state index >= 15 is 0 Å². The molecule has 2 heterocycles. The van der Waals surface area contributed by atoms with Crippen LogP contribution in [0.3, 0.4) is 0 Å². The second kappa shape index (κ2) is 7.19. The topological polar surface area (TPSA) is 75.1 Å². The van der Waals surface area contributed by atoms with Crippen molar-refractivity contribution in [3.05, 3.63) is 81.5 Å². The molecule has 0 radical (unpaired) electrons. The van der Waals surface area contributed by atoms with Crippen molar-refractivity contribution in [3.63, 3.8) is 0 Å². The average molecular weight is 343 g/mol. The van der Waals surface area contributed by atoms with Crippen molar-refractivity contribution in [2.75, 3.05) is 6.54 Å². The number of rotatable bonds is 5. The fraction of sp³-hybridized carbons (Fsp3) is 0.111. The highest BCUT2D eigenvalue weighted by molar-refractivity contribution is 6.30. The van der Waals surface area contributed by atoms with Gasteiger partial charge < -0.3 is 14.7 Å². The van der Waals surface area contributed by atoms with Crippen LogP contribution in [0.4, 0.5) is 0 Å². The lowest BCUT2D eigenvalue weighted by molar-refractivity contribution is 0.0952. The molecule has 0 fully saturated rings. The van der Waals surface area contributed by atoms with Crippen LogP contribution in [0.25, 0.3) is 11.3 Å². The summed E-state index contributed by atoms with van der Waals surface area (Å²) in [5.41, 5.74) is 1.09. The minimum Gasteiger partial charge on any atom is -0.469 e. The van der Waals surface area contributed by atoms with Crippen molar-refractivity contribution >= 4 is 17.5 Å². The van der Waals surface area contributed by atoms with E-state index in [1.165, 1.54) is 6.07 Å². The SMILES string of the molecule is O=C(NCCc1ccco1)c1ccc(-c2ccc(Cl)cc2)[nH]c1=O. The number of halogens is 1. The number of hydrogen-bond donors (Lipinski definition) is 2. The first kappa shape index (κ1) is 16.1. The molecule has 3 rings (SSSR count). The molecule has 0 aliphatic rings. The Morgan fingerprint density at radius 1 is 1.12 bits per heavy atom. The van der Waals surface area contributed by atoms with E-state index in [1.807, 2.05) is 6.07 Å². The molecule has 3 aromatic rings. The van der Waals surface area contributed by atoms with Crippen LogP contribution in [0.5, 0.6) is 0 Å². The van der Waals surface area contributed by atoms with Crippen molar-refractivity contribution in [2.45, 2.75) is 6.42 Å². The Morgan fingerprint density at radius 2 is 1.92 bits per heavy atom. The van der Waals surface area contributed by atoms with Crippen LogP contribution in [0.2, 0.25) is 5.02 Å². The third-order valence-electron chi connectivity index (χ3n) is 3.55. The Morgan fingerprint density at radius 3 is 2.58 bits per heavy atom. The molecule has 6 heteroatoms. The van der Waals surface area contributed by atoms with Gasteiger partial charge in [0.2, 0.25) is 0 Å². The Hall–Kier alpha value is -2.79. The van der Waals surface area contributed by atoms with Gasteiger partial charge in [0.05, 0.1) is 6.26 Å². The smallest absolute Gasteiger partial charge is 0.261 e. The number of aromatic nitrogens is 1. The minimum absolute atomic E-state index is 0.0761. The van der Waals surface area contributed by atoms with Gasteiger partial charge in [0.15, 0.2) is 0 Å². The molecule has 0 aliphatic heterocycles. The quantitative estimate of drug-likeness (QED) is 0.747. The van der Waals surface area contributed by atoms with Gasteiger partial charge >= 0.3 is 0 Å². The fourth-order valence-electron chi connectivity index (χ4n) is 2.30. The van der Waals surface area contributed by atoms with Crippen LogP contribution in [0, 0.1) is 0 Å². The highest BCUT2D eigenvalue weighted by Crippen LogP contribution is 2.18. The van der Waals surface area contributed by atoms with Crippen molar-refractivity contribution in [1.29, 1.82) is 0 Å². The van der Waals surface area contributed by atoms with E-state index < -0.39 is 11.5 Å². The van der Waals surface area contributed by atoms with Gasteiger partial charge in [-0.25, -0.2) is 0 Å². The van der Waals surface area contributed by atoms with Gasteiger partial charge in [0.25, 0.3) is 11.5 Å². The summed E-state index contributed by atoms with van der Waals surface area (Å²) in [5, 5.41) is 3.33. The summed E-state index contributed by atoms with van der Waals surface area (Å²) in [6, 6.07) is 13.9. The first-order chi connectivity index (χ1) is 11.6. The normalized spacial score (nSPS) is 10.5. The largest absolute Gasteiger partial charge is 0.469 e. The zero-order valence-electron chi connectivity index (χ0n) is 12.7. The monoisotopic (exact) mass is 342 g/mol. The first-order valence-corrected chi connectivity index (χ1v) is 7.81. The zero-order valence-corrected chi connectivity index (χ0v) is 13.5. The molecule has 5 nitrogen and oxygen atoms in total. The maximum Gasteiger partial charge on any atom is 0.261 e. The molecule has 122 valence electrons. The van der Waals surface area contributed by atoms with Gasteiger partial charge in [-0.05, 0) is 42.0 Å². The van der Waals surface area contributed by atoms with Crippen LogP contribution in [-0.4, -0.2) is 17.4 Å². The van der Waals surface area contributed by atoms with E-state index in [9.17, 15) is 9.59 Å². The van der Waals surface area contributed by atoms with Crippen LogP contribution >= 0.6 is 11.6 Å². The number of hydrogen-bond acceptors (Lipinski definition) is 3. The molecule has 0 bridgehead atoms. The Balaban J connectivity index is 1.68. The Bertz CT molecular complexity index is 883. The fourth-order valence-corrected chi connectivity index (χ4v) is 2.43. The van der Waals surface area contributed by atoms with Gasteiger partial charge in [0.1, 0.15) is 11.3 Å². The number of carbonyl (C=O) groups is 1. The Labute approximate surface area is 143 Å². The summed E-state index contributed by atoms with van der Waals surface area (Å²) >= 11 is 5.85. The van der Waals surface area contributed by atoms with E-state index in [1.54, 1.807) is 42.7 Å². The van der Waals surface area contributed by atoms with Crippen molar-refractivity contribution in [2.24, 2.45) is 0 Å². The number of pyridine rings is 1. The standard InChI is InChI=1S/C18H15ClN2O3/c19-13-5-3-12(4-6-13)16-8-7-15(18(23)21-16)17(22)20-10-9-14-2-1-11-24-14/h1-8,11H,9-10H2,(H,20,22)(H,21,23). The summed E-state index contributed by atoms with van der Waals surface area (Å²) in [7, 11) is 0. The molecule has 0 aliphatic carbocycles. The van der Waals surface area contributed by atoms with Crippen LogP contribution < -0.4 is 10.9 Å². The van der Waals surface area contributed by atoms with Gasteiger partial charge in [-0.1, -0.05) is 23.7 Å². The molecule has 0 unspecified atom stereocenters. The first-order valence-electron chi connectivity index (χ1n) is 7.43. The number of nitrogens with one attached hydrogen (secondary N) is 2. The third-order valence-corrected chi connectivity index (χ3v) is 3.80. The average Bonchev–Trinajstić information content (AvgIpc) is 3.08. The number of amides is 1. The van der Waals surface area contributed by atoms with E-state index in [2.05, 4.69) is 10.3 Å². The van der Waals surface area contributed by atoms with Crippen molar-refractivity contribution < 1.29 is 9.21 Å². The number of carbonyl (C=O) groups excluding carboxylic acids is 1. The molecule has 0 atom stereocenters. The van der Waals surface area contributed by atoms with Crippen LogP contribution in [-0.2, 0) is 6.42 Å². The van der Waals surface area contributed by atoms with Gasteiger partial charge in [-0.2, -0.15) is 0 Å². The molecule has 1 amide bonds. The molecule has 1 aromatic carbocycles. The van der Waals surface area contributed by atoms with Gasteiger partial charge in [-0.15, -0.1) is 0 Å². The summed E-state index contributed by atoms with van der Waals surface area (Å²) in [5.74, 6) is 0.368. The minimum atomic E-state index is -0.432. The second-order valence-corrected chi connectivity index (χ2v) is 5.64. The van der Waals surface area contributed by atoms with E-state index in [0.29, 0.717) is 23.7 Å². The third kappa shape index (κ3) is 3.75.